The molecule has 2 aromatic carbocycles. The molecular formula is C22H22O11. The van der Waals surface area contributed by atoms with Gasteiger partial charge in [0.1, 0.15) is 46.5 Å². The standard InChI is InChI=1S/C22H22O11/c1-7-17(27)21(31)20(30)15(32-7)6-10-18(28)16-11(24)4-9(23)5-14(16)33-22(10)8-2-12(25)19(29)13(26)3-8/h2-5,7,15,17,20-21,23-27,29-31H,6H2,1H3/t7-,15-,17+,20+,21-/m0/s1. The third-order valence-electron chi connectivity index (χ3n) is 5.74. The van der Waals surface area contributed by atoms with E-state index in [-0.39, 0.29) is 34.3 Å². The predicted molar refractivity (Wildman–Crippen MR) is 112 cm³/mol. The maximum Gasteiger partial charge on any atom is 0.200 e. The fourth-order valence-electron chi connectivity index (χ4n) is 3.98. The molecule has 11 heteroatoms. The number of rotatable bonds is 3. The average molecular weight is 462 g/mol. The number of aliphatic hydroxyl groups is 3. The van der Waals surface area contributed by atoms with Gasteiger partial charge < -0.3 is 50.0 Å². The maximum atomic E-state index is 13.4. The van der Waals surface area contributed by atoms with Crippen molar-refractivity contribution >= 4 is 11.0 Å². The lowest BCUT2D eigenvalue weighted by atomic mass is 9.90. The van der Waals surface area contributed by atoms with Crippen molar-refractivity contribution in [2.45, 2.75) is 43.9 Å². The molecule has 33 heavy (non-hydrogen) atoms. The summed E-state index contributed by atoms with van der Waals surface area (Å²) in [5, 5.41) is 79.7. The Balaban J connectivity index is 1.95. The largest absolute Gasteiger partial charge is 0.508 e. The number of aliphatic hydroxyl groups excluding tert-OH is 3. The fourth-order valence-corrected chi connectivity index (χ4v) is 3.98. The molecule has 176 valence electrons. The van der Waals surface area contributed by atoms with Gasteiger partial charge in [-0.25, -0.2) is 0 Å². The second kappa shape index (κ2) is 8.12. The summed E-state index contributed by atoms with van der Waals surface area (Å²) in [7, 11) is 0. The minimum Gasteiger partial charge on any atom is -0.508 e. The smallest absolute Gasteiger partial charge is 0.200 e. The van der Waals surface area contributed by atoms with Gasteiger partial charge in [0.15, 0.2) is 22.7 Å². The molecule has 0 saturated carbocycles. The Bertz CT molecular complexity index is 1260. The van der Waals surface area contributed by atoms with E-state index in [4.69, 9.17) is 9.15 Å². The molecule has 2 heterocycles. The van der Waals surface area contributed by atoms with Crippen molar-refractivity contribution in [3.63, 3.8) is 0 Å². The summed E-state index contributed by atoms with van der Waals surface area (Å²) in [4.78, 5) is 13.4. The molecule has 0 spiro atoms. The highest BCUT2D eigenvalue weighted by molar-refractivity contribution is 5.87. The van der Waals surface area contributed by atoms with E-state index in [1.165, 1.54) is 6.92 Å². The van der Waals surface area contributed by atoms with Crippen LogP contribution in [0.2, 0.25) is 0 Å². The van der Waals surface area contributed by atoms with Crippen molar-refractivity contribution in [1.29, 1.82) is 0 Å². The Morgan fingerprint density at radius 3 is 2.12 bits per heavy atom. The summed E-state index contributed by atoms with van der Waals surface area (Å²) in [6, 6.07) is 4.06. The van der Waals surface area contributed by atoms with Crippen molar-refractivity contribution in [3.8, 4) is 40.1 Å². The zero-order chi connectivity index (χ0) is 24.2. The van der Waals surface area contributed by atoms with Gasteiger partial charge in [-0.05, 0) is 19.1 Å². The van der Waals surface area contributed by atoms with E-state index in [0.717, 1.165) is 24.3 Å². The van der Waals surface area contributed by atoms with Gasteiger partial charge in [0.05, 0.1) is 12.2 Å². The first-order valence-corrected chi connectivity index (χ1v) is 9.96. The number of ether oxygens (including phenoxy) is 1. The molecule has 11 nitrogen and oxygen atoms in total. The van der Waals surface area contributed by atoms with E-state index in [0.29, 0.717) is 0 Å². The number of phenols is 5. The highest BCUT2D eigenvalue weighted by atomic mass is 16.5. The van der Waals surface area contributed by atoms with E-state index in [1.54, 1.807) is 0 Å². The lowest BCUT2D eigenvalue weighted by molar-refractivity contribution is -0.216. The van der Waals surface area contributed by atoms with Crippen LogP contribution in [0.15, 0.2) is 33.5 Å². The number of phenolic OH excluding ortho intramolecular Hbond substituents is 5. The molecule has 1 fully saturated rings. The van der Waals surface area contributed by atoms with Crippen molar-refractivity contribution in [3.05, 3.63) is 40.1 Å². The van der Waals surface area contributed by atoms with E-state index in [2.05, 4.69) is 0 Å². The molecule has 8 N–H and O–H groups in total. The van der Waals surface area contributed by atoms with Gasteiger partial charge in [-0.15, -0.1) is 0 Å². The molecule has 4 rings (SSSR count). The van der Waals surface area contributed by atoms with Crippen molar-refractivity contribution in [2.75, 3.05) is 0 Å². The van der Waals surface area contributed by atoms with Crippen molar-refractivity contribution < 1.29 is 50.0 Å². The van der Waals surface area contributed by atoms with Crippen LogP contribution in [0.1, 0.15) is 12.5 Å². The summed E-state index contributed by atoms with van der Waals surface area (Å²) in [5.41, 5.74) is -1.18. The Hall–Kier alpha value is -3.51. The fraction of sp³-hybridized carbons (Fsp3) is 0.318. The molecular weight excluding hydrogens is 440 g/mol. The molecule has 0 aliphatic carbocycles. The minimum atomic E-state index is -1.57. The Kier molecular flexibility index (Phi) is 5.58. The van der Waals surface area contributed by atoms with Gasteiger partial charge in [0.25, 0.3) is 0 Å². The SMILES string of the molecule is C[C@@H]1O[C@@H](Cc2c(-c3cc(O)c(O)c(O)c3)oc3cc(O)cc(O)c3c2=O)[C@@H](O)[C@@H](O)[C@@H]1O. The first-order chi connectivity index (χ1) is 15.5. The van der Waals surface area contributed by atoms with E-state index in [9.17, 15) is 45.6 Å². The number of benzene rings is 2. The summed E-state index contributed by atoms with van der Waals surface area (Å²) in [6.07, 6.45) is -6.89. The second-order valence-corrected chi connectivity index (χ2v) is 8.00. The molecule has 5 atom stereocenters. The predicted octanol–water partition coefficient (Wildman–Crippen LogP) is 0.400. The third-order valence-corrected chi connectivity index (χ3v) is 5.74. The Morgan fingerprint density at radius 1 is 0.848 bits per heavy atom. The van der Waals surface area contributed by atoms with E-state index < -0.39 is 64.7 Å². The zero-order valence-corrected chi connectivity index (χ0v) is 17.2. The minimum absolute atomic E-state index is 0.0430. The highest BCUT2D eigenvalue weighted by Gasteiger charge is 2.42. The van der Waals surface area contributed by atoms with Crippen LogP contribution in [0.4, 0.5) is 0 Å². The van der Waals surface area contributed by atoms with Crippen LogP contribution in [-0.2, 0) is 11.2 Å². The monoisotopic (exact) mass is 462 g/mol. The highest BCUT2D eigenvalue weighted by Crippen LogP contribution is 2.41. The molecule has 0 radical (unpaired) electrons. The Labute approximate surface area is 185 Å². The summed E-state index contributed by atoms with van der Waals surface area (Å²) < 4.78 is 11.3. The van der Waals surface area contributed by atoms with Crippen LogP contribution < -0.4 is 5.43 Å². The number of hydrogen-bond donors (Lipinski definition) is 8. The number of hydrogen-bond acceptors (Lipinski definition) is 11. The van der Waals surface area contributed by atoms with Crippen molar-refractivity contribution in [1.82, 2.24) is 0 Å². The average Bonchev–Trinajstić information content (AvgIpc) is 2.74. The van der Waals surface area contributed by atoms with Crippen LogP contribution in [0.3, 0.4) is 0 Å². The van der Waals surface area contributed by atoms with Gasteiger partial charge in [-0.3, -0.25) is 4.79 Å². The van der Waals surface area contributed by atoms with Gasteiger partial charge in [-0.1, -0.05) is 0 Å². The topological polar surface area (TPSA) is 201 Å². The number of aromatic hydroxyl groups is 5. The molecule has 0 unspecified atom stereocenters. The Morgan fingerprint density at radius 2 is 1.48 bits per heavy atom. The van der Waals surface area contributed by atoms with Gasteiger partial charge >= 0.3 is 0 Å². The quantitative estimate of drug-likeness (QED) is 0.250. The maximum absolute atomic E-state index is 13.4. The van der Waals surface area contributed by atoms with Crippen LogP contribution in [0.25, 0.3) is 22.3 Å². The summed E-state index contributed by atoms with van der Waals surface area (Å²) >= 11 is 0. The molecule has 1 aliphatic heterocycles. The van der Waals surface area contributed by atoms with E-state index >= 15 is 0 Å². The molecule has 1 saturated heterocycles. The third kappa shape index (κ3) is 3.80. The molecule has 0 bridgehead atoms. The lowest BCUT2D eigenvalue weighted by Gasteiger charge is -2.39. The molecule has 0 amide bonds. The first kappa shape index (κ1) is 22.7. The molecule has 1 aromatic heterocycles. The second-order valence-electron chi connectivity index (χ2n) is 8.00. The van der Waals surface area contributed by atoms with Crippen LogP contribution >= 0.6 is 0 Å². The van der Waals surface area contributed by atoms with Gasteiger partial charge in [0.2, 0.25) is 0 Å². The summed E-state index contributed by atoms with van der Waals surface area (Å²) in [6.45, 7) is 1.47. The van der Waals surface area contributed by atoms with Crippen LogP contribution in [0, 0.1) is 0 Å². The van der Waals surface area contributed by atoms with Gasteiger partial charge in [-0.2, -0.15) is 0 Å². The van der Waals surface area contributed by atoms with Crippen molar-refractivity contribution in [2.24, 2.45) is 0 Å². The van der Waals surface area contributed by atoms with Crippen LogP contribution in [-0.4, -0.2) is 71.4 Å². The van der Waals surface area contributed by atoms with Gasteiger partial charge in [0, 0.05) is 29.7 Å². The normalized spacial score (nSPS) is 25.4. The van der Waals surface area contributed by atoms with Crippen LogP contribution in [0.5, 0.6) is 28.7 Å². The molecule has 3 aromatic rings. The summed E-state index contributed by atoms with van der Waals surface area (Å²) in [5.74, 6) is -3.40. The lowest BCUT2D eigenvalue weighted by Crippen LogP contribution is -2.57. The first-order valence-electron chi connectivity index (χ1n) is 9.96. The zero-order valence-electron chi connectivity index (χ0n) is 17.2. The molecule has 1 aliphatic rings. The van der Waals surface area contributed by atoms with E-state index in [1.807, 2.05) is 0 Å². The number of fused-ring (bicyclic) bond motifs is 1.